The van der Waals surface area contributed by atoms with Crippen molar-refractivity contribution in [3.8, 4) is 17.2 Å². The van der Waals surface area contributed by atoms with Gasteiger partial charge in [0.25, 0.3) is 0 Å². The molecule has 2 fully saturated rings. The molecule has 5 unspecified atom stereocenters. The van der Waals surface area contributed by atoms with Crippen LogP contribution in [0.4, 0.5) is 0 Å². The average Bonchev–Trinajstić information content (AvgIpc) is 2.88. The summed E-state index contributed by atoms with van der Waals surface area (Å²) in [5, 5.41) is 20.9. The minimum absolute atomic E-state index is 0.0806. The lowest BCUT2D eigenvalue weighted by atomic mass is 9.55. The molecule has 0 amide bonds. The van der Waals surface area contributed by atoms with Crippen molar-refractivity contribution in [2.24, 2.45) is 17.3 Å². The van der Waals surface area contributed by atoms with E-state index in [0.717, 1.165) is 38.5 Å². The van der Waals surface area contributed by atoms with E-state index in [1.54, 1.807) is 14.2 Å². The highest BCUT2D eigenvalue weighted by atomic mass is 16.5. The standard InChI is InChI=1S/C20H28O4/c1-20-9-8-11-12(15(20)6-7-17(20)22)4-5-13-14(11)10-16(21)19(24-3)18(13)23-2/h10-12,15,17,21-22H,4-9H2,1-3H3. The second-order valence-corrected chi connectivity index (χ2v) is 8.08. The SMILES string of the molecule is COc1c(O)cc2c(c1OC)CCC1C2CCC2(C)C(O)CCC12. The summed E-state index contributed by atoms with van der Waals surface area (Å²) in [5.74, 6) is 2.98. The third kappa shape index (κ3) is 2.01. The predicted molar refractivity (Wildman–Crippen MR) is 91.8 cm³/mol. The van der Waals surface area contributed by atoms with Gasteiger partial charge in [-0.15, -0.1) is 0 Å². The zero-order chi connectivity index (χ0) is 17.1. The average molecular weight is 332 g/mol. The molecule has 3 aliphatic carbocycles. The summed E-state index contributed by atoms with van der Waals surface area (Å²) in [5.41, 5.74) is 2.53. The summed E-state index contributed by atoms with van der Waals surface area (Å²) in [4.78, 5) is 0. The molecule has 132 valence electrons. The summed E-state index contributed by atoms with van der Waals surface area (Å²) >= 11 is 0. The van der Waals surface area contributed by atoms with Crippen LogP contribution < -0.4 is 9.47 Å². The van der Waals surface area contributed by atoms with Crippen LogP contribution in [0.15, 0.2) is 6.07 Å². The zero-order valence-corrected chi connectivity index (χ0v) is 14.8. The number of rotatable bonds is 2. The van der Waals surface area contributed by atoms with Gasteiger partial charge in [-0.1, -0.05) is 6.92 Å². The minimum Gasteiger partial charge on any atom is -0.504 e. The molecule has 5 atom stereocenters. The molecule has 3 aliphatic rings. The Kier molecular flexibility index (Phi) is 3.72. The van der Waals surface area contributed by atoms with Crippen LogP contribution in [0.1, 0.15) is 56.1 Å². The largest absolute Gasteiger partial charge is 0.504 e. The maximum Gasteiger partial charge on any atom is 0.203 e. The Morgan fingerprint density at radius 3 is 2.54 bits per heavy atom. The molecule has 0 radical (unpaired) electrons. The Labute approximate surface area is 143 Å². The molecule has 1 aromatic carbocycles. The van der Waals surface area contributed by atoms with E-state index in [0.29, 0.717) is 29.3 Å². The van der Waals surface area contributed by atoms with Crippen molar-refractivity contribution in [1.82, 2.24) is 0 Å². The lowest BCUT2D eigenvalue weighted by molar-refractivity contribution is -0.0227. The molecule has 1 aromatic rings. The zero-order valence-electron chi connectivity index (χ0n) is 14.8. The number of ether oxygens (including phenoxy) is 2. The number of phenols is 1. The fraction of sp³-hybridized carbons (Fsp3) is 0.700. The molecular weight excluding hydrogens is 304 g/mol. The van der Waals surface area contributed by atoms with Gasteiger partial charge in [-0.05, 0) is 73.3 Å². The van der Waals surface area contributed by atoms with Crippen molar-refractivity contribution in [2.75, 3.05) is 14.2 Å². The van der Waals surface area contributed by atoms with Gasteiger partial charge in [-0.25, -0.2) is 0 Å². The van der Waals surface area contributed by atoms with E-state index in [-0.39, 0.29) is 17.3 Å². The van der Waals surface area contributed by atoms with Crippen LogP contribution in [0.2, 0.25) is 0 Å². The predicted octanol–water partition coefficient (Wildman–Crippen LogP) is 3.63. The first-order chi connectivity index (χ1) is 11.5. The maximum atomic E-state index is 10.5. The lowest BCUT2D eigenvalue weighted by Crippen LogP contribution is -2.43. The Bertz CT molecular complexity index is 656. The van der Waals surface area contributed by atoms with E-state index in [2.05, 4.69) is 6.92 Å². The fourth-order valence-corrected chi connectivity index (χ4v) is 6.05. The number of aliphatic hydroxyl groups is 1. The summed E-state index contributed by atoms with van der Waals surface area (Å²) < 4.78 is 11.0. The van der Waals surface area contributed by atoms with Gasteiger partial charge >= 0.3 is 0 Å². The van der Waals surface area contributed by atoms with E-state index in [1.807, 2.05) is 6.07 Å². The summed E-state index contributed by atoms with van der Waals surface area (Å²) in [6.07, 6.45) is 6.16. The second kappa shape index (κ2) is 5.55. The number of aromatic hydroxyl groups is 1. The first-order valence-corrected chi connectivity index (χ1v) is 9.16. The Balaban J connectivity index is 1.77. The van der Waals surface area contributed by atoms with Crippen molar-refractivity contribution in [1.29, 1.82) is 0 Å². The molecule has 0 saturated heterocycles. The maximum absolute atomic E-state index is 10.5. The quantitative estimate of drug-likeness (QED) is 0.868. The minimum atomic E-state index is -0.149. The van der Waals surface area contributed by atoms with Crippen molar-refractivity contribution < 1.29 is 19.7 Å². The summed E-state index contributed by atoms with van der Waals surface area (Å²) in [6.45, 7) is 2.28. The van der Waals surface area contributed by atoms with E-state index in [9.17, 15) is 10.2 Å². The number of benzene rings is 1. The number of methoxy groups -OCH3 is 2. The van der Waals surface area contributed by atoms with Gasteiger partial charge < -0.3 is 19.7 Å². The molecule has 2 N–H and O–H groups in total. The van der Waals surface area contributed by atoms with Gasteiger partial charge in [-0.3, -0.25) is 0 Å². The molecule has 0 aliphatic heterocycles. The molecule has 0 spiro atoms. The molecule has 0 bridgehead atoms. The van der Waals surface area contributed by atoms with Crippen LogP contribution >= 0.6 is 0 Å². The molecular formula is C20H28O4. The van der Waals surface area contributed by atoms with Crippen LogP contribution in [-0.2, 0) is 6.42 Å². The van der Waals surface area contributed by atoms with Gasteiger partial charge in [0.1, 0.15) is 0 Å². The molecule has 24 heavy (non-hydrogen) atoms. The van der Waals surface area contributed by atoms with E-state index in [4.69, 9.17) is 9.47 Å². The van der Waals surface area contributed by atoms with E-state index < -0.39 is 0 Å². The number of aliphatic hydroxyl groups excluding tert-OH is 1. The van der Waals surface area contributed by atoms with Gasteiger partial charge in [0.2, 0.25) is 5.75 Å². The van der Waals surface area contributed by atoms with Crippen LogP contribution in [-0.4, -0.2) is 30.5 Å². The second-order valence-electron chi connectivity index (χ2n) is 8.08. The van der Waals surface area contributed by atoms with Gasteiger partial charge in [-0.2, -0.15) is 0 Å². The third-order valence-corrected chi connectivity index (χ3v) is 7.28. The molecule has 4 nitrogen and oxygen atoms in total. The van der Waals surface area contributed by atoms with Crippen molar-refractivity contribution in [3.63, 3.8) is 0 Å². The monoisotopic (exact) mass is 332 g/mol. The van der Waals surface area contributed by atoms with Crippen LogP contribution in [0, 0.1) is 17.3 Å². The Morgan fingerprint density at radius 2 is 1.83 bits per heavy atom. The fourth-order valence-electron chi connectivity index (χ4n) is 6.05. The van der Waals surface area contributed by atoms with E-state index in [1.165, 1.54) is 11.1 Å². The normalized spacial score (nSPS) is 37.3. The van der Waals surface area contributed by atoms with E-state index >= 15 is 0 Å². The summed E-state index contributed by atoms with van der Waals surface area (Å²) in [7, 11) is 3.22. The van der Waals surface area contributed by atoms with Gasteiger partial charge in [0.05, 0.1) is 20.3 Å². The molecule has 4 rings (SSSR count). The Morgan fingerprint density at radius 1 is 1.08 bits per heavy atom. The highest BCUT2D eigenvalue weighted by Gasteiger charge is 2.54. The topological polar surface area (TPSA) is 58.9 Å². The van der Waals surface area contributed by atoms with Crippen LogP contribution in [0.25, 0.3) is 0 Å². The summed E-state index contributed by atoms with van der Waals surface area (Å²) in [6, 6.07) is 1.90. The smallest absolute Gasteiger partial charge is 0.203 e. The first kappa shape index (κ1) is 16.1. The lowest BCUT2D eigenvalue weighted by Gasteiger charge is -2.50. The number of phenolic OH excluding ortho intramolecular Hbond substituents is 1. The van der Waals surface area contributed by atoms with Crippen LogP contribution in [0.3, 0.4) is 0 Å². The number of hydrogen-bond acceptors (Lipinski definition) is 4. The highest BCUT2D eigenvalue weighted by Crippen LogP contribution is 2.62. The van der Waals surface area contributed by atoms with Crippen molar-refractivity contribution >= 4 is 0 Å². The molecule has 0 aromatic heterocycles. The van der Waals surface area contributed by atoms with Crippen LogP contribution in [0.5, 0.6) is 17.2 Å². The highest BCUT2D eigenvalue weighted by molar-refractivity contribution is 5.60. The van der Waals surface area contributed by atoms with Gasteiger partial charge in [0.15, 0.2) is 11.5 Å². The Hall–Kier alpha value is -1.42. The number of hydrogen-bond donors (Lipinski definition) is 2. The number of fused-ring (bicyclic) bond motifs is 5. The van der Waals surface area contributed by atoms with Gasteiger partial charge in [0, 0.05) is 5.56 Å². The molecule has 0 heterocycles. The molecule has 2 saturated carbocycles. The third-order valence-electron chi connectivity index (χ3n) is 7.28. The molecule has 4 heteroatoms. The van der Waals surface area contributed by atoms with Crippen molar-refractivity contribution in [2.45, 2.75) is 57.5 Å². The first-order valence-electron chi connectivity index (χ1n) is 9.16. The van der Waals surface area contributed by atoms with Crippen molar-refractivity contribution in [3.05, 3.63) is 17.2 Å².